The number of methoxy groups -OCH3 is 1. The van der Waals surface area contributed by atoms with Gasteiger partial charge in [0.2, 0.25) is 10.0 Å². The number of ether oxygens (including phenoxy) is 2. The summed E-state index contributed by atoms with van der Waals surface area (Å²) in [5.41, 5.74) is 2.35. The van der Waals surface area contributed by atoms with Gasteiger partial charge in [0, 0.05) is 25.2 Å². The molecule has 0 saturated carbocycles. The Bertz CT molecular complexity index is 953. The lowest BCUT2D eigenvalue weighted by atomic mass is 10.1. The van der Waals surface area contributed by atoms with E-state index in [1.807, 2.05) is 31.2 Å². The first kappa shape index (κ1) is 20.3. The average molecular weight is 404 g/mol. The van der Waals surface area contributed by atoms with Crippen LogP contribution in [0.2, 0.25) is 0 Å². The van der Waals surface area contributed by atoms with E-state index in [0.29, 0.717) is 19.8 Å². The fourth-order valence-electron chi connectivity index (χ4n) is 3.05. The summed E-state index contributed by atoms with van der Waals surface area (Å²) in [6.45, 7) is 3.58. The zero-order chi connectivity index (χ0) is 20.1. The monoisotopic (exact) mass is 404 g/mol. The number of carbonyl (C=O) groups excluding carboxylic acids is 1. The second kappa shape index (κ2) is 8.72. The first-order valence-electron chi connectivity index (χ1n) is 9.01. The molecule has 0 atom stereocenters. The van der Waals surface area contributed by atoms with E-state index < -0.39 is 10.0 Å². The van der Waals surface area contributed by atoms with Gasteiger partial charge in [-0.15, -0.1) is 0 Å². The van der Waals surface area contributed by atoms with E-state index >= 15 is 0 Å². The zero-order valence-corrected chi connectivity index (χ0v) is 16.8. The Labute approximate surface area is 165 Å². The predicted octanol–water partition coefficient (Wildman–Crippen LogP) is 1.95. The minimum atomic E-state index is -3.79. The van der Waals surface area contributed by atoms with Gasteiger partial charge in [-0.2, -0.15) is 4.31 Å². The van der Waals surface area contributed by atoms with Gasteiger partial charge in [0.1, 0.15) is 10.6 Å². The minimum Gasteiger partial charge on any atom is -0.495 e. The van der Waals surface area contributed by atoms with Gasteiger partial charge >= 0.3 is 0 Å². The van der Waals surface area contributed by atoms with Crippen molar-refractivity contribution in [2.45, 2.75) is 18.4 Å². The van der Waals surface area contributed by atoms with Crippen molar-refractivity contribution in [3.63, 3.8) is 0 Å². The number of sulfonamides is 1. The van der Waals surface area contributed by atoms with E-state index in [1.54, 1.807) is 6.07 Å². The molecule has 7 nitrogen and oxygen atoms in total. The molecular formula is C20H24N2O5S. The molecule has 1 aliphatic heterocycles. The Balaban J connectivity index is 1.82. The van der Waals surface area contributed by atoms with Crippen LogP contribution in [0.4, 0.5) is 0 Å². The van der Waals surface area contributed by atoms with Crippen LogP contribution in [-0.2, 0) is 21.3 Å². The SMILES string of the molecule is COc1ccc(C(=O)NCc2cccc(C)c2)cc1S(=O)(=O)N1CCOCC1. The zero-order valence-electron chi connectivity index (χ0n) is 16.0. The molecule has 2 aromatic carbocycles. The molecule has 2 aromatic rings. The van der Waals surface area contributed by atoms with E-state index in [9.17, 15) is 13.2 Å². The summed E-state index contributed by atoms with van der Waals surface area (Å²) in [4.78, 5) is 12.6. The summed E-state index contributed by atoms with van der Waals surface area (Å²) >= 11 is 0. The molecule has 3 rings (SSSR count). The summed E-state index contributed by atoms with van der Waals surface area (Å²) in [6.07, 6.45) is 0. The fraction of sp³-hybridized carbons (Fsp3) is 0.350. The second-order valence-corrected chi connectivity index (χ2v) is 8.46. The van der Waals surface area contributed by atoms with E-state index in [1.165, 1.54) is 23.5 Å². The van der Waals surface area contributed by atoms with Crippen LogP contribution >= 0.6 is 0 Å². The van der Waals surface area contributed by atoms with Gasteiger partial charge in [-0.3, -0.25) is 4.79 Å². The Hall–Kier alpha value is -2.42. The van der Waals surface area contributed by atoms with Crippen molar-refractivity contribution in [3.8, 4) is 5.75 Å². The molecule has 8 heteroatoms. The van der Waals surface area contributed by atoms with E-state index in [-0.39, 0.29) is 35.2 Å². The van der Waals surface area contributed by atoms with Crippen LogP contribution in [0.1, 0.15) is 21.5 Å². The molecule has 150 valence electrons. The van der Waals surface area contributed by atoms with Crippen molar-refractivity contribution >= 4 is 15.9 Å². The lowest BCUT2D eigenvalue weighted by molar-refractivity contribution is 0.0729. The number of aryl methyl sites for hydroxylation is 1. The van der Waals surface area contributed by atoms with Crippen LogP contribution in [-0.4, -0.2) is 52.0 Å². The van der Waals surface area contributed by atoms with E-state index in [0.717, 1.165) is 11.1 Å². The predicted molar refractivity (Wildman–Crippen MR) is 105 cm³/mol. The molecule has 1 saturated heterocycles. The van der Waals surface area contributed by atoms with Crippen molar-refractivity contribution in [2.24, 2.45) is 0 Å². The maximum Gasteiger partial charge on any atom is 0.251 e. The molecule has 1 fully saturated rings. The molecular weight excluding hydrogens is 380 g/mol. The van der Waals surface area contributed by atoms with E-state index in [4.69, 9.17) is 9.47 Å². The summed E-state index contributed by atoms with van der Waals surface area (Å²) in [7, 11) is -2.38. The van der Waals surface area contributed by atoms with Crippen LogP contribution in [0, 0.1) is 6.92 Å². The largest absolute Gasteiger partial charge is 0.495 e. The normalized spacial score (nSPS) is 15.2. The maximum atomic E-state index is 13.0. The second-order valence-electron chi connectivity index (χ2n) is 6.55. The number of carbonyl (C=O) groups is 1. The lowest BCUT2D eigenvalue weighted by Gasteiger charge is -2.26. The van der Waals surface area contributed by atoms with Gasteiger partial charge in [-0.05, 0) is 30.7 Å². The van der Waals surface area contributed by atoms with Crippen LogP contribution < -0.4 is 10.1 Å². The quantitative estimate of drug-likeness (QED) is 0.796. The smallest absolute Gasteiger partial charge is 0.251 e. The minimum absolute atomic E-state index is 0.0138. The van der Waals surface area contributed by atoms with Crippen LogP contribution in [0.5, 0.6) is 5.75 Å². The van der Waals surface area contributed by atoms with Crippen LogP contribution in [0.15, 0.2) is 47.4 Å². The lowest BCUT2D eigenvalue weighted by Crippen LogP contribution is -2.40. The molecule has 0 bridgehead atoms. The molecule has 1 amide bonds. The number of benzene rings is 2. The highest BCUT2D eigenvalue weighted by Gasteiger charge is 2.30. The average Bonchev–Trinajstić information content (AvgIpc) is 2.72. The van der Waals surface area contributed by atoms with Gasteiger partial charge < -0.3 is 14.8 Å². The molecule has 0 aromatic heterocycles. The number of nitrogens with one attached hydrogen (secondary N) is 1. The number of nitrogens with zero attached hydrogens (tertiary/aromatic N) is 1. The number of amides is 1. The molecule has 0 unspecified atom stereocenters. The molecule has 1 heterocycles. The van der Waals surface area contributed by atoms with Crippen molar-refractivity contribution in [1.82, 2.24) is 9.62 Å². The molecule has 1 N–H and O–H groups in total. The number of rotatable bonds is 6. The molecule has 28 heavy (non-hydrogen) atoms. The Morgan fingerprint density at radius 3 is 2.61 bits per heavy atom. The molecule has 1 aliphatic rings. The topological polar surface area (TPSA) is 84.9 Å². The summed E-state index contributed by atoms with van der Waals surface area (Å²) in [5, 5.41) is 2.83. The molecule has 0 aliphatic carbocycles. The van der Waals surface area contributed by atoms with Crippen molar-refractivity contribution < 1.29 is 22.7 Å². The maximum absolute atomic E-state index is 13.0. The third-order valence-electron chi connectivity index (χ3n) is 4.55. The van der Waals surface area contributed by atoms with Crippen molar-refractivity contribution in [2.75, 3.05) is 33.4 Å². The summed E-state index contributed by atoms with van der Waals surface area (Å²) < 4.78 is 37.8. The standard InChI is InChI=1S/C20H24N2O5S/c1-15-4-3-5-16(12-15)14-21-20(23)17-6-7-18(26-2)19(13-17)28(24,25)22-8-10-27-11-9-22/h3-7,12-13H,8-11,14H2,1-2H3,(H,21,23). The Morgan fingerprint density at radius 2 is 1.93 bits per heavy atom. The van der Waals surface area contributed by atoms with Gasteiger partial charge in [0.05, 0.1) is 20.3 Å². The highest BCUT2D eigenvalue weighted by Crippen LogP contribution is 2.28. The van der Waals surface area contributed by atoms with E-state index in [2.05, 4.69) is 5.32 Å². The first-order chi connectivity index (χ1) is 13.4. The van der Waals surface area contributed by atoms with Gasteiger partial charge in [-0.1, -0.05) is 29.8 Å². The Kier molecular flexibility index (Phi) is 6.33. The highest BCUT2D eigenvalue weighted by molar-refractivity contribution is 7.89. The highest BCUT2D eigenvalue weighted by atomic mass is 32.2. The van der Waals surface area contributed by atoms with Crippen LogP contribution in [0.25, 0.3) is 0 Å². The number of hydrogen-bond acceptors (Lipinski definition) is 5. The van der Waals surface area contributed by atoms with Gasteiger partial charge in [0.25, 0.3) is 5.91 Å². The van der Waals surface area contributed by atoms with Gasteiger partial charge in [-0.25, -0.2) is 8.42 Å². The molecule has 0 spiro atoms. The van der Waals surface area contributed by atoms with Crippen molar-refractivity contribution in [1.29, 1.82) is 0 Å². The number of morpholine rings is 1. The third-order valence-corrected chi connectivity index (χ3v) is 6.47. The first-order valence-corrected chi connectivity index (χ1v) is 10.5. The summed E-state index contributed by atoms with van der Waals surface area (Å²) in [5.74, 6) is -0.135. The third kappa shape index (κ3) is 4.52. The van der Waals surface area contributed by atoms with Crippen LogP contribution in [0.3, 0.4) is 0 Å². The Morgan fingerprint density at radius 1 is 1.18 bits per heavy atom. The summed E-state index contributed by atoms with van der Waals surface area (Å²) in [6, 6.07) is 12.3. The van der Waals surface area contributed by atoms with Crippen molar-refractivity contribution in [3.05, 3.63) is 59.2 Å². The number of hydrogen-bond donors (Lipinski definition) is 1. The fourth-order valence-corrected chi connectivity index (χ4v) is 4.64. The van der Waals surface area contributed by atoms with Gasteiger partial charge in [0.15, 0.2) is 0 Å². The molecule has 0 radical (unpaired) electrons.